The molecule has 6 nitrogen and oxygen atoms in total. The van der Waals surface area contributed by atoms with Crippen molar-refractivity contribution in [2.24, 2.45) is 11.7 Å². The van der Waals surface area contributed by atoms with Crippen LogP contribution in [0.4, 0.5) is 4.79 Å². The number of carbonyl (C=O) groups is 2. The third-order valence-electron chi connectivity index (χ3n) is 3.40. The first kappa shape index (κ1) is 15.8. The predicted molar refractivity (Wildman–Crippen MR) is 72.4 cm³/mol. The van der Waals surface area contributed by atoms with E-state index in [1.54, 1.807) is 0 Å². The number of hydrogen-bond acceptors (Lipinski definition) is 3. The number of amides is 3. The molecular weight excluding hydrogens is 246 g/mol. The molecule has 1 aliphatic rings. The van der Waals surface area contributed by atoms with Crippen molar-refractivity contribution in [2.75, 3.05) is 0 Å². The van der Waals surface area contributed by atoms with Crippen molar-refractivity contribution in [3.63, 3.8) is 0 Å². The summed E-state index contributed by atoms with van der Waals surface area (Å²) in [5.74, 6) is -0.00247. The number of carbonyl (C=O) groups excluding carboxylic acids is 2. The topological polar surface area (TPSA) is 104 Å². The SMILES string of the molecule is CC(C)CC(NC(N)=O)C(=O)NC1CCCCC1O. The van der Waals surface area contributed by atoms with Gasteiger partial charge in [0.1, 0.15) is 6.04 Å². The number of primary amides is 1. The normalized spacial score (nSPS) is 24.8. The quantitative estimate of drug-likeness (QED) is 0.585. The van der Waals surface area contributed by atoms with Gasteiger partial charge in [0.25, 0.3) is 0 Å². The zero-order chi connectivity index (χ0) is 14.4. The molecule has 1 rings (SSSR count). The maximum atomic E-state index is 12.1. The highest BCUT2D eigenvalue weighted by atomic mass is 16.3. The van der Waals surface area contributed by atoms with Gasteiger partial charge in [0.2, 0.25) is 5.91 Å². The molecule has 0 saturated heterocycles. The van der Waals surface area contributed by atoms with Gasteiger partial charge in [0.15, 0.2) is 0 Å². The lowest BCUT2D eigenvalue weighted by Crippen LogP contribution is -2.54. The Balaban J connectivity index is 2.57. The largest absolute Gasteiger partial charge is 0.391 e. The first-order valence-electron chi connectivity index (χ1n) is 6.94. The molecule has 3 amide bonds. The highest BCUT2D eigenvalue weighted by molar-refractivity contribution is 5.86. The van der Waals surface area contributed by atoms with E-state index in [1.807, 2.05) is 13.8 Å². The van der Waals surface area contributed by atoms with Crippen molar-refractivity contribution in [3.05, 3.63) is 0 Å². The van der Waals surface area contributed by atoms with Crippen LogP contribution in [0.15, 0.2) is 0 Å². The Morgan fingerprint density at radius 3 is 2.47 bits per heavy atom. The molecule has 3 unspecified atom stereocenters. The second-order valence-corrected chi connectivity index (χ2v) is 5.66. The van der Waals surface area contributed by atoms with E-state index in [0.717, 1.165) is 19.3 Å². The summed E-state index contributed by atoms with van der Waals surface area (Å²) in [4.78, 5) is 23.1. The summed E-state index contributed by atoms with van der Waals surface area (Å²) >= 11 is 0. The molecule has 5 N–H and O–H groups in total. The summed E-state index contributed by atoms with van der Waals surface area (Å²) in [6.45, 7) is 3.94. The molecule has 0 spiro atoms. The van der Waals surface area contributed by atoms with E-state index in [1.165, 1.54) is 0 Å². The Labute approximate surface area is 114 Å². The third kappa shape index (κ3) is 5.46. The first-order chi connectivity index (χ1) is 8.90. The molecule has 0 aliphatic heterocycles. The Morgan fingerprint density at radius 2 is 1.95 bits per heavy atom. The van der Waals surface area contributed by atoms with Crippen molar-refractivity contribution in [2.45, 2.75) is 64.1 Å². The Morgan fingerprint density at radius 1 is 1.32 bits per heavy atom. The summed E-state index contributed by atoms with van der Waals surface area (Å²) in [5.41, 5.74) is 5.09. The molecule has 1 saturated carbocycles. The lowest BCUT2D eigenvalue weighted by molar-refractivity contribution is -0.125. The highest BCUT2D eigenvalue weighted by Crippen LogP contribution is 2.18. The molecule has 3 atom stereocenters. The van der Waals surface area contributed by atoms with Crippen LogP contribution in [0.2, 0.25) is 0 Å². The molecule has 0 heterocycles. The van der Waals surface area contributed by atoms with Crippen LogP contribution in [0.25, 0.3) is 0 Å². The van der Waals surface area contributed by atoms with Gasteiger partial charge in [0, 0.05) is 0 Å². The summed E-state index contributed by atoms with van der Waals surface area (Å²) in [6.07, 6.45) is 3.51. The average Bonchev–Trinajstić information content (AvgIpc) is 2.30. The summed E-state index contributed by atoms with van der Waals surface area (Å²) in [7, 11) is 0. The average molecular weight is 271 g/mol. The van der Waals surface area contributed by atoms with E-state index in [4.69, 9.17) is 5.73 Å². The first-order valence-corrected chi connectivity index (χ1v) is 6.94. The van der Waals surface area contributed by atoms with Crippen LogP contribution in [0.5, 0.6) is 0 Å². The smallest absolute Gasteiger partial charge is 0.312 e. The van der Waals surface area contributed by atoms with E-state index in [9.17, 15) is 14.7 Å². The van der Waals surface area contributed by atoms with E-state index in [-0.39, 0.29) is 17.9 Å². The number of nitrogens with two attached hydrogens (primary N) is 1. The third-order valence-corrected chi connectivity index (χ3v) is 3.40. The maximum absolute atomic E-state index is 12.1. The minimum atomic E-state index is -0.704. The van der Waals surface area contributed by atoms with Gasteiger partial charge in [-0.15, -0.1) is 0 Å². The highest BCUT2D eigenvalue weighted by Gasteiger charge is 2.28. The van der Waals surface area contributed by atoms with E-state index >= 15 is 0 Å². The molecule has 0 aromatic carbocycles. The minimum Gasteiger partial charge on any atom is -0.391 e. The fourth-order valence-electron chi connectivity index (χ4n) is 2.44. The molecule has 6 heteroatoms. The molecule has 19 heavy (non-hydrogen) atoms. The minimum absolute atomic E-state index is 0.217. The standard InChI is InChI=1S/C13H25N3O3/c1-8(2)7-10(16-13(14)19)12(18)15-9-5-3-4-6-11(9)17/h8-11,17H,3-7H2,1-2H3,(H,15,18)(H3,14,16,19). The van der Waals surface area contributed by atoms with Gasteiger partial charge in [-0.1, -0.05) is 26.7 Å². The van der Waals surface area contributed by atoms with Crippen molar-refractivity contribution in [1.82, 2.24) is 10.6 Å². The van der Waals surface area contributed by atoms with Gasteiger partial charge in [0.05, 0.1) is 12.1 Å². The van der Waals surface area contributed by atoms with Crippen molar-refractivity contribution >= 4 is 11.9 Å². The number of aliphatic hydroxyl groups excluding tert-OH is 1. The van der Waals surface area contributed by atoms with Crippen LogP contribution in [0.1, 0.15) is 46.0 Å². The van der Waals surface area contributed by atoms with Crippen LogP contribution in [-0.4, -0.2) is 35.2 Å². The van der Waals surface area contributed by atoms with E-state index in [2.05, 4.69) is 10.6 Å². The Hall–Kier alpha value is -1.30. The van der Waals surface area contributed by atoms with E-state index in [0.29, 0.717) is 12.8 Å². The van der Waals surface area contributed by atoms with Crippen molar-refractivity contribution in [3.8, 4) is 0 Å². The molecule has 110 valence electrons. The molecule has 0 bridgehead atoms. The van der Waals surface area contributed by atoms with Crippen LogP contribution >= 0.6 is 0 Å². The Bertz CT molecular complexity index is 320. The second kappa shape index (κ2) is 7.33. The zero-order valence-corrected chi connectivity index (χ0v) is 11.7. The predicted octanol–water partition coefficient (Wildman–Crippen LogP) is 0.489. The fraction of sp³-hybridized carbons (Fsp3) is 0.846. The molecule has 1 fully saturated rings. The van der Waals surface area contributed by atoms with Gasteiger partial charge < -0.3 is 21.5 Å². The molecule has 0 aromatic heterocycles. The van der Waals surface area contributed by atoms with E-state index < -0.39 is 18.2 Å². The van der Waals surface area contributed by atoms with Crippen LogP contribution in [-0.2, 0) is 4.79 Å². The maximum Gasteiger partial charge on any atom is 0.312 e. The van der Waals surface area contributed by atoms with Crippen molar-refractivity contribution < 1.29 is 14.7 Å². The van der Waals surface area contributed by atoms with Gasteiger partial charge in [-0.2, -0.15) is 0 Å². The number of nitrogens with one attached hydrogen (secondary N) is 2. The molecular formula is C13H25N3O3. The van der Waals surface area contributed by atoms with Gasteiger partial charge >= 0.3 is 6.03 Å². The lowest BCUT2D eigenvalue weighted by atomic mass is 9.92. The lowest BCUT2D eigenvalue weighted by Gasteiger charge is -2.30. The number of urea groups is 1. The summed E-state index contributed by atoms with van der Waals surface area (Å²) < 4.78 is 0. The molecule has 0 radical (unpaired) electrons. The number of hydrogen-bond donors (Lipinski definition) is 4. The number of rotatable bonds is 5. The van der Waals surface area contributed by atoms with Crippen molar-refractivity contribution in [1.29, 1.82) is 0 Å². The number of aliphatic hydroxyl groups is 1. The monoisotopic (exact) mass is 271 g/mol. The van der Waals surface area contributed by atoms with Gasteiger partial charge in [-0.05, 0) is 25.2 Å². The Kier molecular flexibility index (Phi) is 6.08. The van der Waals surface area contributed by atoms with Crippen LogP contribution in [0.3, 0.4) is 0 Å². The summed E-state index contributed by atoms with van der Waals surface area (Å²) in [6, 6.07) is -1.55. The molecule has 1 aliphatic carbocycles. The van der Waals surface area contributed by atoms with Crippen LogP contribution < -0.4 is 16.4 Å². The molecule has 0 aromatic rings. The fourth-order valence-corrected chi connectivity index (χ4v) is 2.44. The van der Waals surface area contributed by atoms with Gasteiger partial charge in [-0.25, -0.2) is 4.79 Å². The summed E-state index contributed by atoms with van der Waals surface area (Å²) in [5, 5.41) is 15.1. The van der Waals surface area contributed by atoms with Gasteiger partial charge in [-0.3, -0.25) is 4.79 Å². The zero-order valence-electron chi connectivity index (χ0n) is 11.7. The van der Waals surface area contributed by atoms with Crippen LogP contribution in [0, 0.1) is 5.92 Å². The second-order valence-electron chi connectivity index (χ2n) is 5.66.